The minimum atomic E-state index is 0. The van der Waals surface area contributed by atoms with Gasteiger partial charge in [-0.05, 0) is 36.4 Å². The van der Waals surface area contributed by atoms with E-state index in [-0.39, 0.29) is 12.4 Å². The van der Waals surface area contributed by atoms with Gasteiger partial charge in [0.25, 0.3) is 0 Å². The molecule has 1 aromatic heterocycles. The molecule has 2 aromatic carbocycles. The first kappa shape index (κ1) is 20.6. The zero-order chi connectivity index (χ0) is 19.2. The number of nitrogens with zero attached hydrogens (tertiary/aromatic N) is 4. The number of para-hydroxylation sites is 1. The molecule has 4 rings (SSSR count). The molecule has 8 nitrogen and oxygen atoms in total. The van der Waals surface area contributed by atoms with Crippen molar-refractivity contribution in [3.05, 3.63) is 54.6 Å². The Labute approximate surface area is 175 Å². The van der Waals surface area contributed by atoms with Gasteiger partial charge in [0.15, 0.2) is 0 Å². The van der Waals surface area contributed by atoms with Gasteiger partial charge in [-0.1, -0.05) is 18.2 Å². The predicted molar refractivity (Wildman–Crippen MR) is 116 cm³/mol. The van der Waals surface area contributed by atoms with Crippen LogP contribution in [0, 0.1) is 0 Å². The quantitative estimate of drug-likeness (QED) is 0.632. The Morgan fingerprint density at radius 3 is 2.00 bits per heavy atom. The highest BCUT2D eigenvalue weighted by molar-refractivity contribution is 5.85. The number of anilines is 5. The molecular formula is C20H23ClN6O2. The van der Waals surface area contributed by atoms with Gasteiger partial charge in [-0.15, -0.1) is 12.4 Å². The monoisotopic (exact) mass is 414 g/mol. The molecule has 0 aliphatic carbocycles. The number of morpholine rings is 1. The Balaban J connectivity index is 0.00000240. The molecular weight excluding hydrogens is 392 g/mol. The van der Waals surface area contributed by atoms with Crippen molar-refractivity contribution in [1.29, 1.82) is 0 Å². The van der Waals surface area contributed by atoms with E-state index in [1.165, 1.54) is 0 Å². The summed E-state index contributed by atoms with van der Waals surface area (Å²) in [7, 11) is 1.64. The lowest BCUT2D eigenvalue weighted by Gasteiger charge is -2.27. The Bertz CT molecular complexity index is 905. The fourth-order valence-electron chi connectivity index (χ4n) is 2.84. The number of hydrogen-bond acceptors (Lipinski definition) is 8. The third-order valence-electron chi connectivity index (χ3n) is 4.29. The van der Waals surface area contributed by atoms with Crippen molar-refractivity contribution in [1.82, 2.24) is 15.0 Å². The molecule has 3 aromatic rings. The summed E-state index contributed by atoms with van der Waals surface area (Å²) in [6.07, 6.45) is 0. The Morgan fingerprint density at radius 2 is 1.41 bits per heavy atom. The Kier molecular flexibility index (Phi) is 7.04. The van der Waals surface area contributed by atoms with Gasteiger partial charge in [-0.2, -0.15) is 15.0 Å². The van der Waals surface area contributed by atoms with E-state index in [1.807, 2.05) is 54.6 Å². The van der Waals surface area contributed by atoms with E-state index < -0.39 is 0 Å². The summed E-state index contributed by atoms with van der Waals surface area (Å²) in [5.74, 6) is 2.37. The maximum atomic E-state index is 5.44. The number of aromatic nitrogens is 3. The first-order valence-electron chi connectivity index (χ1n) is 9.12. The number of halogens is 1. The van der Waals surface area contributed by atoms with Crippen LogP contribution in [0.2, 0.25) is 0 Å². The molecule has 2 N–H and O–H groups in total. The fourth-order valence-corrected chi connectivity index (χ4v) is 2.84. The molecule has 1 fully saturated rings. The average molecular weight is 415 g/mol. The largest absolute Gasteiger partial charge is 0.497 e. The van der Waals surface area contributed by atoms with E-state index in [1.54, 1.807) is 7.11 Å². The molecule has 1 aliphatic heterocycles. The molecule has 1 saturated heterocycles. The van der Waals surface area contributed by atoms with Crippen molar-refractivity contribution < 1.29 is 9.47 Å². The maximum Gasteiger partial charge on any atom is 0.233 e. The van der Waals surface area contributed by atoms with Gasteiger partial charge < -0.3 is 25.0 Å². The molecule has 0 bridgehead atoms. The van der Waals surface area contributed by atoms with Gasteiger partial charge in [-0.3, -0.25) is 0 Å². The predicted octanol–water partition coefficient (Wildman–Crippen LogP) is 3.63. The molecule has 0 radical (unpaired) electrons. The highest BCUT2D eigenvalue weighted by Gasteiger charge is 2.17. The maximum absolute atomic E-state index is 5.44. The van der Waals surface area contributed by atoms with E-state index in [4.69, 9.17) is 9.47 Å². The summed E-state index contributed by atoms with van der Waals surface area (Å²) in [4.78, 5) is 15.8. The number of ether oxygens (including phenoxy) is 2. The smallest absolute Gasteiger partial charge is 0.233 e. The zero-order valence-corrected chi connectivity index (χ0v) is 16.9. The second kappa shape index (κ2) is 9.90. The van der Waals surface area contributed by atoms with E-state index >= 15 is 0 Å². The van der Waals surface area contributed by atoms with Gasteiger partial charge in [0.2, 0.25) is 17.8 Å². The van der Waals surface area contributed by atoms with Gasteiger partial charge in [0, 0.05) is 24.5 Å². The van der Waals surface area contributed by atoms with Crippen LogP contribution in [-0.2, 0) is 4.74 Å². The van der Waals surface area contributed by atoms with Crippen LogP contribution in [0.5, 0.6) is 5.75 Å². The Hall–Kier alpha value is -3.10. The first-order valence-corrected chi connectivity index (χ1v) is 9.12. The van der Waals surface area contributed by atoms with Crippen LogP contribution in [0.15, 0.2) is 54.6 Å². The second-order valence-corrected chi connectivity index (χ2v) is 6.23. The SMILES string of the molecule is COc1ccc(Nc2nc(Nc3ccccc3)nc(N3CCOCC3)n2)cc1.Cl. The number of nitrogens with one attached hydrogen (secondary N) is 2. The molecule has 29 heavy (non-hydrogen) atoms. The number of rotatable bonds is 6. The van der Waals surface area contributed by atoms with Gasteiger partial charge in [0.05, 0.1) is 20.3 Å². The lowest BCUT2D eigenvalue weighted by atomic mass is 10.3. The molecule has 2 heterocycles. The summed E-state index contributed by atoms with van der Waals surface area (Å²) in [5, 5.41) is 6.49. The van der Waals surface area contributed by atoms with Crippen molar-refractivity contribution in [2.75, 3.05) is 48.9 Å². The van der Waals surface area contributed by atoms with Gasteiger partial charge in [0.1, 0.15) is 5.75 Å². The Morgan fingerprint density at radius 1 is 0.828 bits per heavy atom. The summed E-state index contributed by atoms with van der Waals surface area (Å²) >= 11 is 0. The normalized spacial score (nSPS) is 13.3. The molecule has 0 atom stereocenters. The molecule has 0 unspecified atom stereocenters. The summed E-state index contributed by atoms with van der Waals surface area (Å²) in [6, 6.07) is 17.4. The van der Waals surface area contributed by atoms with Crippen LogP contribution < -0.4 is 20.3 Å². The van der Waals surface area contributed by atoms with Crippen LogP contribution in [0.25, 0.3) is 0 Å². The van der Waals surface area contributed by atoms with Crippen LogP contribution in [0.4, 0.5) is 29.2 Å². The summed E-state index contributed by atoms with van der Waals surface area (Å²) in [6.45, 7) is 2.82. The summed E-state index contributed by atoms with van der Waals surface area (Å²) in [5.41, 5.74) is 1.78. The average Bonchev–Trinajstić information content (AvgIpc) is 2.75. The third kappa shape index (κ3) is 5.46. The minimum Gasteiger partial charge on any atom is -0.497 e. The van der Waals surface area contributed by atoms with Crippen molar-refractivity contribution >= 4 is 41.6 Å². The fraction of sp³-hybridized carbons (Fsp3) is 0.250. The van der Waals surface area contributed by atoms with E-state index in [2.05, 4.69) is 30.5 Å². The number of hydrogen-bond donors (Lipinski definition) is 2. The first-order chi connectivity index (χ1) is 13.8. The lowest BCUT2D eigenvalue weighted by Crippen LogP contribution is -2.37. The third-order valence-corrected chi connectivity index (χ3v) is 4.29. The van der Waals surface area contributed by atoms with Gasteiger partial charge >= 0.3 is 0 Å². The van der Waals surface area contributed by atoms with Crippen molar-refractivity contribution in [3.63, 3.8) is 0 Å². The minimum absolute atomic E-state index is 0. The highest BCUT2D eigenvalue weighted by Crippen LogP contribution is 2.22. The van der Waals surface area contributed by atoms with Crippen LogP contribution in [0.3, 0.4) is 0 Å². The standard InChI is InChI=1S/C20H22N6O2.ClH/c1-27-17-9-7-16(8-10-17)22-19-23-18(21-15-5-3-2-4-6-15)24-20(25-19)26-11-13-28-14-12-26;/h2-10H,11-14H2,1H3,(H2,21,22,23,24,25);1H. The van der Waals surface area contributed by atoms with E-state index in [9.17, 15) is 0 Å². The molecule has 9 heteroatoms. The van der Waals surface area contributed by atoms with Crippen molar-refractivity contribution in [2.45, 2.75) is 0 Å². The lowest BCUT2D eigenvalue weighted by molar-refractivity contribution is 0.122. The highest BCUT2D eigenvalue weighted by atomic mass is 35.5. The van der Waals surface area contributed by atoms with Gasteiger partial charge in [-0.25, -0.2) is 0 Å². The van der Waals surface area contributed by atoms with Crippen LogP contribution in [0.1, 0.15) is 0 Å². The molecule has 0 saturated carbocycles. The number of benzene rings is 2. The van der Waals surface area contributed by atoms with Crippen molar-refractivity contribution in [2.24, 2.45) is 0 Å². The zero-order valence-electron chi connectivity index (χ0n) is 16.0. The van der Waals surface area contributed by atoms with E-state index in [0.717, 1.165) is 30.2 Å². The van der Waals surface area contributed by atoms with Crippen LogP contribution >= 0.6 is 12.4 Å². The molecule has 152 valence electrons. The molecule has 1 aliphatic rings. The van der Waals surface area contributed by atoms with E-state index in [0.29, 0.717) is 31.1 Å². The molecule has 0 amide bonds. The van der Waals surface area contributed by atoms with Crippen LogP contribution in [-0.4, -0.2) is 48.4 Å². The second-order valence-electron chi connectivity index (χ2n) is 6.23. The number of methoxy groups -OCH3 is 1. The molecule has 0 spiro atoms. The van der Waals surface area contributed by atoms with Crippen molar-refractivity contribution in [3.8, 4) is 5.75 Å². The summed E-state index contributed by atoms with van der Waals surface area (Å²) < 4.78 is 10.6. The topological polar surface area (TPSA) is 84.4 Å².